The van der Waals surface area contributed by atoms with Crippen molar-refractivity contribution >= 4 is 0 Å². The van der Waals surface area contributed by atoms with Crippen LogP contribution in [0.2, 0.25) is 0 Å². The van der Waals surface area contributed by atoms with E-state index in [4.69, 9.17) is 5.73 Å². The Morgan fingerprint density at radius 1 is 1.20 bits per heavy atom. The molecule has 2 rings (SSSR count). The Kier molecular flexibility index (Phi) is 1.66. The van der Waals surface area contributed by atoms with E-state index in [2.05, 4.69) is 4.90 Å². The van der Waals surface area contributed by atoms with Crippen molar-refractivity contribution in [2.75, 3.05) is 26.2 Å². The molecule has 0 bridgehead atoms. The van der Waals surface area contributed by atoms with Gasteiger partial charge in [-0.3, -0.25) is 0 Å². The number of nitrogens with two attached hydrogens (primary N) is 1. The molecule has 0 aromatic carbocycles. The molecule has 0 aromatic rings. The smallest absolute Gasteiger partial charge is 0.00342 e. The van der Waals surface area contributed by atoms with E-state index in [9.17, 15) is 0 Å². The van der Waals surface area contributed by atoms with Crippen molar-refractivity contribution in [3.63, 3.8) is 0 Å². The molecule has 0 amide bonds. The fraction of sp³-hybridized carbons (Fsp3) is 1.00. The average molecular weight is 140 g/mol. The van der Waals surface area contributed by atoms with Crippen LogP contribution >= 0.6 is 0 Å². The van der Waals surface area contributed by atoms with Gasteiger partial charge < -0.3 is 10.6 Å². The zero-order valence-electron chi connectivity index (χ0n) is 6.42. The van der Waals surface area contributed by atoms with Crippen LogP contribution in [0, 0.1) is 11.8 Å². The van der Waals surface area contributed by atoms with Gasteiger partial charge in [-0.25, -0.2) is 0 Å². The maximum atomic E-state index is 5.52. The summed E-state index contributed by atoms with van der Waals surface area (Å²) in [5.41, 5.74) is 5.52. The van der Waals surface area contributed by atoms with Crippen molar-refractivity contribution in [2.45, 2.75) is 12.8 Å². The standard InChI is InChI=1S/C8H16N2/c9-3-8-5-10(6-8)4-7-1-2-7/h7-8H,1-6,9H2. The van der Waals surface area contributed by atoms with Gasteiger partial charge in [-0.2, -0.15) is 0 Å². The Balaban J connectivity index is 1.60. The normalized spacial score (nSPS) is 28.5. The first-order chi connectivity index (χ1) is 4.88. The molecule has 0 radical (unpaired) electrons. The molecule has 0 atom stereocenters. The number of hydrogen-bond acceptors (Lipinski definition) is 2. The molecule has 10 heavy (non-hydrogen) atoms. The summed E-state index contributed by atoms with van der Waals surface area (Å²) in [4.78, 5) is 2.54. The van der Waals surface area contributed by atoms with E-state index in [0.717, 1.165) is 18.4 Å². The maximum absolute atomic E-state index is 5.52. The van der Waals surface area contributed by atoms with E-state index < -0.39 is 0 Å². The van der Waals surface area contributed by atoms with Gasteiger partial charge in [0.15, 0.2) is 0 Å². The van der Waals surface area contributed by atoms with Gasteiger partial charge in [0.25, 0.3) is 0 Å². The van der Waals surface area contributed by atoms with E-state index in [0.29, 0.717) is 0 Å². The lowest BCUT2D eigenvalue weighted by molar-refractivity contribution is 0.101. The van der Waals surface area contributed by atoms with Crippen molar-refractivity contribution in [3.8, 4) is 0 Å². The van der Waals surface area contributed by atoms with E-state index >= 15 is 0 Å². The molecule has 1 aliphatic carbocycles. The topological polar surface area (TPSA) is 29.3 Å². The lowest BCUT2D eigenvalue weighted by Crippen LogP contribution is -2.50. The van der Waals surface area contributed by atoms with E-state index in [1.165, 1.54) is 32.5 Å². The maximum Gasteiger partial charge on any atom is 0.00342 e. The van der Waals surface area contributed by atoms with Gasteiger partial charge in [0.1, 0.15) is 0 Å². The predicted octanol–water partition coefficient (Wildman–Crippen LogP) is 0.287. The van der Waals surface area contributed by atoms with E-state index in [-0.39, 0.29) is 0 Å². The number of rotatable bonds is 3. The Bertz CT molecular complexity index is 114. The fourth-order valence-electron chi connectivity index (χ4n) is 1.64. The van der Waals surface area contributed by atoms with Crippen LogP contribution in [0.5, 0.6) is 0 Å². The number of likely N-dealkylation sites (tertiary alicyclic amines) is 1. The molecule has 1 saturated carbocycles. The summed E-state index contributed by atoms with van der Waals surface area (Å²) in [6, 6.07) is 0. The Morgan fingerprint density at radius 2 is 1.90 bits per heavy atom. The second-order valence-electron chi connectivity index (χ2n) is 3.76. The quantitative estimate of drug-likeness (QED) is 0.610. The second-order valence-corrected chi connectivity index (χ2v) is 3.76. The molecule has 58 valence electrons. The van der Waals surface area contributed by atoms with Crippen molar-refractivity contribution in [1.29, 1.82) is 0 Å². The molecule has 2 nitrogen and oxygen atoms in total. The van der Waals surface area contributed by atoms with Crippen molar-refractivity contribution in [2.24, 2.45) is 17.6 Å². The molecule has 2 aliphatic rings. The first-order valence-electron chi connectivity index (χ1n) is 4.31. The predicted molar refractivity (Wildman–Crippen MR) is 41.7 cm³/mol. The van der Waals surface area contributed by atoms with E-state index in [1.54, 1.807) is 0 Å². The lowest BCUT2D eigenvalue weighted by atomic mass is 10.0. The largest absolute Gasteiger partial charge is 0.330 e. The fourth-order valence-corrected chi connectivity index (χ4v) is 1.64. The van der Waals surface area contributed by atoms with Crippen LogP contribution in [0.1, 0.15) is 12.8 Å². The minimum Gasteiger partial charge on any atom is -0.330 e. The highest BCUT2D eigenvalue weighted by Gasteiger charge is 2.31. The second kappa shape index (κ2) is 2.51. The van der Waals surface area contributed by atoms with Crippen molar-refractivity contribution < 1.29 is 0 Å². The minimum absolute atomic E-state index is 0.818. The molecule has 1 saturated heterocycles. The highest BCUT2D eigenvalue weighted by molar-refractivity contribution is 4.85. The van der Waals surface area contributed by atoms with Crippen molar-refractivity contribution in [3.05, 3.63) is 0 Å². The van der Waals surface area contributed by atoms with Gasteiger partial charge in [-0.15, -0.1) is 0 Å². The Morgan fingerprint density at radius 3 is 2.40 bits per heavy atom. The zero-order valence-corrected chi connectivity index (χ0v) is 6.42. The molecular weight excluding hydrogens is 124 g/mol. The highest BCUT2D eigenvalue weighted by atomic mass is 15.2. The molecule has 0 aromatic heterocycles. The third kappa shape index (κ3) is 1.32. The highest BCUT2D eigenvalue weighted by Crippen LogP contribution is 2.31. The van der Waals surface area contributed by atoms with Crippen molar-refractivity contribution in [1.82, 2.24) is 4.90 Å². The van der Waals surface area contributed by atoms with Gasteiger partial charge in [0.05, 0.1) is 0 Å². The lowest BCUT2D eigenvalue weighted by Gasteiger charge is -2.38. The summed E-state index contributed by atoms with van der Waals surface area (Å²) >= 11 is 0. The first-order valence-corrected chi connectivity index (χ1v) is 4.31. The number of hydrogen-bond donors (Lipinski definition) is 1. The number of nitrogens with zero attached hydrogens (tertiary/aromatic N) is 1. The molecule has 2 fully saturated rings. The van der Waals surface area contributed by atoms with Crippen LogP contribution in [0.3, 0.4) is 0 Å². The summed E-state index contributed by atoms with van der Waals surface area (Å²) in [6.07, 6.45) is 2.95. The summed E-state index contributed by atoms with van der Waals surface area (Å²) in [6.45, 7) is 4.79. The SMILES string of the molecule is NCC1CN(CC2CC2)C1. The van der Waals surface area contributed by atoms with Crippen LogP contribution in [-0.4, -0.2) is 31.1 Å². The summed E-state index contributed by atoms with van der Waals surface area (Å²) in [5.74, 6) is 1.87. The average Bonchev–Trinajstić information content (AvgIpc) is 2.60. The molecule has 1 aliphatic heterocycles. The van der Waals surface area contributed by atoms with Gasteiger partial charge in [0, 0.05) is 19.6 Å². The molecule has 0 unspecified atom stereocenters. The summed E-state index contributed by atoms with van der Waals surface area (Å²) in [5, 5.41) is 0. The van der Waals surface area contributed by atoms with Gasteiger partial charge in [0.2, 0.25) is 0 Å². The first kappa shape index (κ1) is 6.62. The third-order valence-corrected chi connectivity index (χ3v) is 2.58. The van der Waals surface area contributed by atoms with Crippen LogP contribution in [-0.2, 0) is 0 Å². The summed E-state index contributed by atoms with van der Waals surface area (Å²) < 4.78 is 0. The van der Waals surface area contributed by atoms with Crippen LogP contribution in [0.15, 0.2) is 0 Å². The minimum atomic E-state index is 0.818. The Labute approximate surface area is 62.4 Å². The van der Waals surface area contributed by atoms with Gasteiger partial charge >= 0.3 is 0 Å². The monoisotopic (exact) mass is 140 g/mol. The third-order valence-electron chi connectivity index (χ3n) is 2.58. The van der Waals surface area contributed by atoms with Crippen LogP contribution in [0.25, 0.3) is 0 Å². The summed E-state index contributed by atoms with van der Waals surface area (Å²) in [7, 11) is 0. The molecule has 0 spiro atoms. The van der Waals surface area contributed by atoms with Gasteiger partial charge in [-0.05, 0) is 31.2 Å². The van der Waals surface area contributed by atoms with Gasteiger partial charge in [-0.1, -0.05) is 0 Å². The Hall–Kier alpha value is -0.0800. The molecule has 2 heteroatoms. The molecule has 1 heterocycles. The van der Waals surface area contributed by atoms with E-state index in [1.807, 2.05) is 0 Å². The molecule has 2 N–H and O–H groups in total. The van der Waals surface area contributed by atoms with Crippen LogP contribution in [0.4, 0.5) is 0 Å². The zero-order chi connectivity index (χ0) is 6.97. The molecular formula is C8H16N2. The van der Waals surface area contributed by atoms with Crippen LogP contribution < -0.4 is 5.73 Å².